The lowest BCUT2D eigenvalue weighted by molar-refractivity contribution is -0.387. The van der Waals surface area contributed by atoms with Crippen LogP contribution in [0.4, 0.5) is 5.69 Å². The van der Waals surface area contributed by atoms with E-state index in [9.17, 15) is 20.0 Å². The summed E-state index contributed by atoms with van der Waals surface area (Å²) in [6.45, 7) is 0. The highest BCUT2D eigenvalue weighted by Gasteiger charge is 2.23. The van der Waals surface area contributed by atoms with Crippen LogP contribution in [0.3, 0.4) is 0 Å². The summed E-state index contributed by atoms with van der Waals surface area (Å²) in [5.41, 5.74) is -1.95. The zero-order valence-corrected chi connectivity index (χ0v) is 10.2. The summed E-state index contributed by atoms with van der Waals surface area (Å²) in [6.07, 6.45) is 0. The van der Waals surface area contributed by atoms with Gasteiger partial charge < -0.3 is 10.1 Å². The van der Waals surface area contributed by atoms with Crippen molar-refractivity contribution in [3.8, 4) is 5.75 Å². The van der Waals surface area contributed by atoms with Crippen molar-refractivity contribution in [3.63, 3.8) is 0 Å². The monoisotopic (exact) mass is 319 g/mol. The number of hydrogen-bond donors (Lipinski definition) is 2. The minimum atomic E-state index is -1.00. The van der Waals surface area contributed by atoms with Gasteiger partial charge in [-0.1, -0.05) is 11.6 Å². The second kappa shape index (κ2) is 3.97. The number of hydrogen-bond acceptors (Lipinski definition) is 5. The largest absolute Gasteiger partial charge is 0.500 e. The highest BCUT2D eigenvalue weighted by Crippen LogP contribution is 2.32. The summed E-state index contributed by atoms with van der Waals surface area (Å²) >= 11 is 8.78. The molecular weight excluding hydrogens is 317 g/mol. The number of pyridine rings is 2. The van der Waals surface area contributed by atoms with E-state index in [1.807, 2.05) is 0 Å². The van der Waals surface area contributed by atoms with Crippen molar-refractivity contribution in [1.29, 1.82) is 0 Å². The van der Waals surface area contributed by atoms with Gasteiger partial charge in [0, 0.05) is 0 Å². The number of rotatable bonds is 1. The maximum absolute atomic E-state index is 11.4. The molecule has 2 N–H and O–H groups in total. The molecule has 2 rings (SSSR count). The molecule has 0 aliphatic carbocycles. The van der Waals surface area contributed by atoms with E-state index < -0.39 is 21.9 Å². The van der Waals surface area contributed by atoms with Gasteiger partial charge in [0.05, 0.1) is 14.9 Å². The number of aromatic hydroxyl groups is 1. The Kier molecular flexibility index (Phi) is 2.76. The molecule has 0 aliphatic heterocycles. The van der Waals surface area contributed by atoms with Crippen LogP contribution in [0, 0.1) is 10.1 Å². The van der Waals surface area contributed by atoms with Gasteiger partial charge >= 0.3 is 11.2 Å². The van der Waals surface area contributed by atoms with Crippen LogP contribution in [0.1, 0.15) is 0 Å². The summed E-state index contributed by atoms with van der Waals surface area (Å²) in [4.78, 5) is 27.0. The lowest BCUT2D eigenvalue weighted by atomic mass is 10.3. The molecule has 0 saturated heterocycles. The van der Waals surface area contributed by atoms with Crippen LogP contribution >= 0.6 is 27.5 Å². The fraction of sp³-hybridized carbons (Fsp3) is 0. The number of nitro groups is 1. The van der Waals surface area contributed by atoms with E-state index in [4.69, 9.17) is 11.6 Å². The molecule has 0 bridgehead atoms. The zero-order valence-electron chi connectivity index (χ0n) is 7.90. The first-order valence-corrected chi connectivity index (χ1v) is 5.34. The van der Waals surface area contributed by atoms with Gasteiger partial charge in [-0.3, -0.25) is 14.9 Å². The van der Waals surface area contributed by atoms with Crippen LogP contribution in [0.15, 0.2) is 15.3 Å². The molecule has 0 fully saturated rings. The van der Waals surface area contributed by atoms with Gasteiger partial charge in [-0.05, 0) is 22.0 Å². The molecule has 0 spiro atoms. The van der Waals surface area contributed by atoms with Crippen molar-refractivity contribution in [2.45, 2.75) is 0 Å². The van der Waals surface area contributed by atoms with E-state index in [-0.39, 0.29) is 16.2 Å². The first-order valence-electron chi connectivity index (χ1n) is 4.17. The Bertz CT molecular complexity index is 699. The van der Waals surface area contributed by atoms with Crippen LogP contribution in [0.25, 0.3) is 11.0 Å². The number of fused-ring (bicyclic) bond motifs is 1. The van der Waals surface area contributed by atoms with Crippen molar-refractivity contribution in [1.82, 2.24) is 9.97 Å². The zero-order chi connectivity index (χ0) is 12.7. The van der Waals surface area contributed by atoms with Gasteiger partial charge in [-0.25, -0.2) is 4.98 Å². The minimum Gasteiger partial charge on any atom is -0.500 e. The van der Waals surface area contributed by atoms with Crippen LogP contribution in [-0.2, 0) is 0 Å². The smallest absolute Gasteiger partial charge is 0.377 e. The minimum absolute atomic E-state index is 0.0224. The molecule has 0 unspecified atom stereocenters. The number of nitrogens with one attached hydrogen (secondary N) is 1. The molecule has 0 aliphatic rings. The maximum atomic E-state index is 11.4. The van der Waals surface area contributed by atoms with Crippen molar-refractivity contribution in [2.24, 2.45) is 0 Å². The summed E-state index contributed by atoms with van der Waals surface area (Å²) in [5.74, 6) is -0.803. The fourth-order valence-electron chi connectivity index (χ4n) is 1.31. The number of nitrogens with zero attached hydrogens (tertiary/aromatic N) is 2. The van der Waals surface area contributed by atoms with Gasteiger partial charge in [0.1, 0.15) is 10.7 Å². The number of halogens is 2. The van der Waals surface area contributed by atoms with E-state index >= 15 is 0 Å². The predicted octanol–water partition coefficient (Wildman–Crippen LogP) is 1.95. The molecule has 2 aromatic heterocycles. The molecule has 0 radical (unpaired) electrons. The Labute approximate surface area is 106 Å². The third-order valence-electron chi connectivity index (χ3n) is 2.03. The molecular formula is C8H3BrClN3O4. The highest BCUT2D eigenvalue weighted by molar-refractivity contribution is 9.10. The number of aromatic amines is 1. The molecule has 88 valence electrons. The van der Waals surface area contributed by atoms with Gasteiger partial charge in [-0.15, -0.1) is 0 Å². The van der Waals surface area contributed by atoms with Crippen LogP contribution < -0.4 is 5.56 Å². The van der Waals surface area contributed by atoms with E-state index in [2.05, 4.69) is 25.9 Å². The van der Waals surface area contributed by atoms with Gasteiger partial charge in [-0.2, -0.15) is 0 Å². The van der Waals surface area contributed by atoms with E-state index in [0.29, 0.717) is 4.47 Å². The molecule has 9 heteroatoms. The number of aromatic nitrogens is 2. The second-order valence-electron chi connectivity index (χ2n) is 3.07. The van der Waals surface area contributed by atoms with Crippen LogP contribution in [0.2, 0.25) is 5.15 Å². The summed E-state index contributed by atoms with van der Waals surface area (Å²) < 4.78 is 0.399. The standard InChI is InChI=1S/C8H3BrClN3O4/c9-2-1-3-4(12-7(2)10)6(14)5(13(16)17)8(15)11-3/h1H,(H2,11,14,15). The maximum Gasteiger partial charge on any atom is 0.377 e. The Morgan fingerprint density at radius 3 is 2.82 bits per heavy atom. The van der Waals surface area contributed by atoms with Crippen LogP contribution in [0.5, 0.6) is 5.75 Å². The normalized spacial score (nSPS) is 10.7. The molecule has 17 heavy (non-hydrogen) atoms. The highest BCUT2D eigenvalue weighted by atomic mass is 79.9. The molecule has 2 heterocycles. The summed E-state index contributed by atoms with van der Waals surface area (Å²) in [7, 11) is 0. The molecule has 0 saturated carbocycles. The molecule has 2 aromatic rings. The van der Waals surface area contributed by atoms with Crippen molar-refractivity contribution in [3.05, 3.63) is 36.2 Å². The average Bonchev–Trinajstić information content (AvgIpc) is 2.21. The Balaban J connectivity index is 2.97. The van der Waals surface area contributed by atoms with Crippen molar-refractivity contribution < 1.29 is 10.0 Å². The van der Waals surface area contributed by atoms with Gasteiger partial charge in [0.25, 0.3) is 0 Å². The SMILES string of the molecule is O=c1[nH]c2cc(Br)c(Cl)nc2c(O)c1[N+](=O)[O-]. The first-order chi connectivity index (χ1) is 7.91. The number of H-pyrrole nitrogens is 1. The lowest BCUT2D eigenvalue weighted by Crippen LogP contribution is -2.12. The van der Waals surface area contributed by atoms with Crippen molar-refractivity contribution >= 4 is 44.3 Å². The molecule has 0 aromatic carbocycles. The third kappa shape index (κ3) is 1.85. The third-order valence-corrected chi connectivity index (χ3v) is 3.15. The second-order valence-corrected chi connectivity index (χ2v) is 4.28. The lowest BCUT2D eigenvalue weighted by Gasteiger charge is -2.02. The van der Waals surface area contributed by atoms with Crippen LogP contribution in [-0.4, -0.2) is 20.0 Å². The molecule has 0 atom stereocenters. The van der Waals surface area contributed by atoms with E-state index in [1.165, 1.54) is 6.07 Å². The Morgan fingerprint density at radius 1 is 1.59 bits per heavy atom. The predicted molar refractivity (Wildman–Crippen MR) is 63.4 cm³/mol. The van der Waals surface area contributed by atoms with E-state index in [0.717, 1.165) is 0 Å². The summed E-state index contributed by atoms with van der Waals surface area (Å²) in [5, 5.41) is 20.2. The summed E-state index contributed by atoms with van der Waals surface area (Å²) in [6, 6.07) is 1.40. The molecule has 0 amide bonds. The topological polar surface area (TPSA) is 109 Å². The van der Waals surface area contributed by atoms with Gasteiger partial charge in [0.2, 0.25) is 5.75 Å². The average molecular weight is 320 g/mol. The quantitative estimate of drug-likeness (QED) is 0.474. The first kappa shape index (κ1) is 11.8. The fourth-order valence-corrected chi connectivity index (χ4v) is 1.77. The Morgan fingerprint density at radius 2 is 2.24 bits per heavy atom. The van der Waals surface area contributed by atoms with E-state index in [1.54, 1.807) is 0 Å². The molecule has 7 nitrogen and oxygen atoms in total. The van der Waals surface area contributed by atoms with Crippen molar-refractivity contribution in [2.75, 3.05) is 0 Å². The Hall–Kier alpha value is -1.67. The van der Waals surface area contributed by atoms with Gasteiger partial charge in [0.15, 0.2) is 0 Å².